The van der Waals surface area contributed by atoms with Crippen LogP contribution in [0.2, 0.25) is 0 Å². The lowest BCUT2D eigenvalue weighted by atomic mass is 10.1. The summed E-state index contributed by atoms with van der Waals surface area (Å²) in [7, 11) is 0. The average Bonchev–Trinajstić information content (AvgIpc) is 2.95. The molecule has 0 bridgehead atoms. The minimum absolute atomic E-state index is 0.239. The molecule has 0 atom stereocenters. The molecule has 0 unspecified atom stereocenters. The summed E-state index contributed by atoms with van der Waals surface area (Å²) in [6.07, 6.45) is 0. The van der Waals surface area contributed by atoms with Crippen LogP contribution in [0.25, 0.3) is 16.9 Å². The molecular weight excluding hydrogens is 312 g/mol. The molecule has 2 heterocycles. The molecule has 4 aromatic rings. The molecule has 0 saturated heterocycles. The van der Waals surface area contributed by atoms with Crippen molar-refractivity contribution in [1.29, 1.82) is 0 Å². The molecule has 4 rings (SSSR count). The zero-order valence-electron chi connectivity index (χ0n) is 14.1. The first-order valence-corrected chi connectivity index (χ1v) is 8.10. The van der Waals surface area contributed by atoms with Gasteiger partial charge in [0, 0.05) is 28.6 Å². The zero-order valence-corrected chi connectivity index (χ0v) is 14.1. The highest BCUT2D eigenvalue weighted by molar-refractivity contribution is 5.72. The van der Waals surface area contributed by atoms with Crippen molar-refractivity contribution in [2.45, 2.75) is 13.8 Å². The van der Waals surface area contributed by atoms with Crippen molar-refractivity contribution in [2.75, 3.05) is 5.32 Å². The Morgan fingerprint density at radius 3 is 2.40 bits per heavy atom. The number of anilines is 2. The maximum atomic E-state index is 9.45. The first-order chi connectivity index (χ1) is 12.1. The minimum Gasteiger partial charge on any atom is -0.508 e. The summed E-state index contributed by atoms with van der Waals surface area (Å²) in [5.74, 6) is 1.07. The lowest BCUT2D eigenvalue weighted by molar-refractivity contribution is 0.475. The van der Waals surface area contributed by atoms with E-state index < -0.39 is 0 Å². The highest BCUT2D eigenvalue weighted by Gasteiger charge is 2.15. The number of aromatic nitrogens is 3. The van der Waals surface area contributed by atoms with Gasteiger partial charge in [0.25, 0.3) is 0 Å². The van der Waals surface area contributed by atoms with Crippen molar-refractivity contribution in [3.8, 4) is 17.0 Å². The van der Waals surface area contributed by atoms with Crippen LogP contribution >= 0.6 is 0 Å². The predicted molar refractivity (Wildman–Crippen MR) is 99.3 cm³/mol. The molecule has 0 saturated carbocycles. The largest absolute Gasteiger partial charge is 0.508 e. The molecule has 5 nitrogen and oxygen atoms in total. The molecule has 0 fully saturated rings. The number of benzene rings is 2. The van der Waals surface area contributed by atoms with Crippen molar-refractivity contribution in [2.24, 2.45) is 0 Å². The Bertz CT molecular complexity index is 1040. The Labute approximate surface area is 145 Å². The van der Waals surface area contributed by atoms with E-state index in [1.807, 2.05) is 54.8 Å². The van der Waals surface area contributed by atoms with Crippen molar-refractivity contribution in [1.82, 2.24) is 14.6 Å². The summed E-state index contributed by atoms with van der Waals surface area (Å²) in [6.45, 7) is 4.01. The predicted octanol–water partition coefficient (Wildman–Crippen LogP) is 4.46. The van der Waals surface area contributed by atoms with E-state index in [1.54, 1.807) is 12.1 Å². The van der Waals surface area contributed by atoms with Gasteiger partial charge < -0.3 is 10.4 Å². The standard InChI is InChI=1S/C20H18N4O/c1-13-12-18(22-16-8-10-17(25)11-9-16)24-20(21-13)14(2)19(23-24)15-6-4-3-5-7-15/h3-12,22,25H,1-2H3. The van der Waals surface area contributed by atoms with Crippen LogP contribution in [-0.4, -0.2) is 19.7 Å². The summed E-state index contributed by atoms with van der Waals surface area (Å²) in [4.78, 5) is 4.66. The molecule has 2 aromatic heterocycles. The monoisotopic (exact) mass is 330 g/mol. The van der Waals surface area contributed by atoms with Crippen molar-refractivity contribution >= 4 is 17.2 Å². The summed E-state index contributed by atoms with van der Waals surface area (Å²) in [5.41, 5.74) is 5.66. The van der Waals surface area contributed by atoms with Gasteiger partial charge in [-0.05, 0) is 38.1 Å². The van der Waals surface area contributed by atoms with Crippen LogP contribution in [0.5, 0.6) is 5.75 Å². The van der Waals surface area contributed by atoms with E-state index in [9.17, 15) is 5.11 Å². The smallest absolute Gasteiger partial charge is 0.161 e. The van der Waals surface area contributed by atoms with Gasteiger partial charge in [-0.3, -0.25) is 0 Å². The van der Waals surface area contributed by atoms with Crippen LogP contribution in [0.4, 0.5) is 11.5 Å². The topological polar surface area (TPSA) is 62.5 Å². The summed E-state index contributed by atoms with van der Waals surface area (Å²) in [6, 6.07) is 19.0. The Hall–Kier alpha value is -3.34. The Balaban J connectivity index is 1.86. The van der Waals surface area contributed by atoms with Crippen LogP contribution in [-0.2, 0) is 0 Å². The highest BCUT2D eigenvalue weighted by Crippen LogP contribution is 2.28. The second kappa shape index (κ2) is 5.94. The molecule has 0 amide bonds. The normalized spacial score (nSPS) is 11.0. The summed E-state index contributed by atoms with van der Waals surface area (Å²) in [5, 5.41) is 17.6. The molecule has 124 valence electrons. The second-order valence-electron chi connectivity index (χ2n) is 6.03. The number of fused-ring (bicyclic) bond motifs is 1. The van der Waals surface area contributed by atoms with E-state index in [1.165, 1.54) is 0 Å². The van der Waals surface area contributed by atoms with Gasteiger partial charge in [-0.15, -0.1) is 0 Å². The quantitative estimate of drug-likeness (QED) is 0.544. The van der Waals surface area contributed by atoms with Crippen LogP contribution < -0.4 is 5.32 Å². The van der Waals surface area contributed by atoms with Crippen molar-refractivity contribution < 1.29 is 5.11 Å². The highest BCUT2D eigenvalue weighted by atomic mass is 16.3. The van der Waals surface area contributed by atoms with E-state index in [4.69, 9.17) is 5.10 Å². The number of phenolic OH excluding ortho intramolecular Hbond substituents is 1. The van der Waals surface area contributed by atoms with Gasteiger partial charge in [0.1, 0.15) is 11.6 Å². The molecular formula is C20H18N4O. The van der Waals surface area contributed by atoms with Gasteiger partial charge in [-0.2, -0.15) is 9.61 Å². The molecule has 0 radical (unpaired) electrons. The fourth-order valence-corrected chi connectivity index (χ4v) is 2.90. The van der Waals surface area contributed by atoms with Gasteiger partial charge in [0.2, 0.25) is 0 Å². The first kappa shape index (κ1) is 15.2. The lowest BCUT2D eigenvalue weighted by Crippen LogP contribution is -2.02. The van der Waals surface area contributed by atoms with Gasteiger partial charge in [-0.1, -0.05) is 30.3 Å². The molecule has 0 aliphatic heterocycles. The van der Waals surface area contributed by atoms with E-state index >= 15 is 0 Å². The van der Waals surface area contributed by atoms with Crippen LogP contribution in [0.15, 0.2) is 60.7 Å². The number of aryl methyl sites for hydroxylation is 2. The fourth-order valence-electron chi connectivity index (χ4n) is 2.90. The third-order valence-electron chi connectivity index (χ3n) is 4.13. The number of rotatable bonds is 3. The van der Waals surface area contributed by atoms with E-state index in [-0.39, 0.29) is 5.75 Å². The number of nitrogens with zero attached hydrogens (tertiary/aromatic N) is 3. The molecule has 5 heteroatoms. The fraction of sp³-hybridized carbons (Fsp3) is 0.100. The summed E-state index contributed by atoms with van der Waals surface area (Å²) < 4.78 is 1.83. The van der Waals surface area contributed by atoms with Crippen molar-refractivity contribution in [3.05, 3.63) is 71.9 Å². The third kappa shape index (κ3) is 2.80. The molecule has 2 N–H and O–H groups in total. The number of phenols is 1. The number of hydrogen-bond donors (Lipinski definition) is 2. The van der Waals surface area contributed by atoms with E-state index in [0.29, 0.717) is 0 Å². The van der Waals surface area contributed by atoms with Crippen molar-refractivity contribution in [3.63, 3.8) is 0 Å². The average molecular weight is 330 g/mol. The van der Waals surface area contributed by atoms with E-state index in [0.717, 1.165) is 39.7 Å². The number of nitrogens with one attached hydrogen (secondary N) is 1. The Morgan fingerprint density at radius 1 is 0.960 bits per heavy atom. The molecule has 0 spiro atoms. The Morgan fingerprint density at radius 2 is 1.68 bits per heavy atom. The summed E-state index contributed by atoms with van der Waals surface area (Å²) >= 11 is 0. The van der Waals surface area contributed by atoms with Crippen LogP contribution in [0.1, 0.15) is 11.3 Å². The van der Waals surface area contributed by atoms with Crippen LogP contribution in [0, 0.1) is 13.8 Å². The SMILES string of the molecule is Cc1cc(Nc2ccc(O)cc2)n2nc(-c3ccccc3)c(C)c2n1. The first-order valence-electron chi connectivity index (χ1n) is 8.10. The Kier molecular flexibility index (Phi) is 3.61. The van der Waals surface area contributed by atoms with Gasteiger partial charge in [-0.25, -0.2) is 4.98 Å². The maximum Gasteiger partial charge on any atom is 0.161 e. The van der Waals surface area contributed by atoms with Gasteiger partial charge in [0.05, 0.1) is 5.69 Å². The third-order valence-corrected chi connectivity index (χ3v) is 4.13. The molecule has 0 aliphatic rings. The molecule has 25 heavy (non-hydrogen) atoms. The van der Waals surface area contributed by atoms with E-state index in [2.05, 4.69) is 22.4 Å². The number of hydrogen-bond acceptors (Lipinski definition) is 4. The second-order valence-corrected chi connectivity index (χ2v) is 6.03. The van der Waals surface area contributed by atoms with Gasteiger partial charge >= 0.3 is 0 Å². The maximum absolute atomic E-state index is 9.45. The van der Waals surface area contributed by atoms with Gasteiger partial charge in [0.15, 0.2) is 5.65 Å². The molecule has 0 aliphatic carbocycles. The minimum atomic E-state index is 0.239. The number of aromatic hydroxyl groups is 1. The lowest BCUT2D eigenvalue weighted by Gasteiger charge is -2.09. The molecule has 2 aromatic carbocycles. The zero-order chi connectivity index (χ0) is 17.4. The van der Waals surface area contributed by atoms with Crippen LogP contribution in [0.3, 0.4) is 0 Å².